The zero-order valence-electron chi connectivity index (χ0n) is 5.87. The van der Waals surface area contributed by atoms with Crippen LogP contribution < -0.4 is 0 Å². The van der Waals surface area contributed by atoms with E-state index in [1.165, 1.54) is 5.56 Å². The van der Waals surface area contributed by atoms with E-state index in [0.29, 0.717) is 0 Å². The number of nitrogens with zero attached hydrogens (tertiary/aromatic N) is 1. The predicted octanol–water partition coefficient (Wildman–Crippen LogP) is 2.19. The summed E-state index contributed by atoms with van der Waals surface area (Å²) in [6.07, 6.45) is 3.61. The molecule has 1 aliphatic heterocycles. The minimum Gasteiger partial charge on any atom is -0.245 e. The predicted molar refractivity (Wildman–Crippen MR) is 49.8 cm³/mol. The first-order chi connectivity index (χ1) is 5.36. The second-order valence-corrected chi connectivity index (χ2v) is 2.95. The van der Waals surface area contributed by atoms with E-state index in [1.807, 2.05) is 24.3 Å². The zero-order valence-corrected chi connectivity index (χ0v) is 6.69. The molecule has 1 aromatic carbocycles. The Bertz CT molecular complexity index is 328. The quantitative estimate of drug-likeness (QED) is 0.530. The van der Waals surface area contributed by atoms with Crippen LogP contribution in [0.5, 0.6) is 0 Å². The van der Waals surface area contributed by atoms with Crippen LogP contribution >= 0.6 is 12.2 Å². The second kappa shape index (κ2) is 2.55. The van der Waals surface area contributed by atoms with Gasteiger partial charge in [-0.3, -0.25) is 0 Å². The first kappa shape index (κ1) is 6.68. The van der Waals surface area contributed by atoms with Crippen LogP contribution in [0.2, 0.25) is 0 Å². The summed E-state index contributed by atoms with van der Waals surface area (Å²) < 4.78 is 0. The Balaban J connectivity index is 2.54. The third-order valence-corrected chi connectivity index (χ3v) is 1.88. The summed E-state index contributed by atoms with van der Waals surface area (Å²) >= 11 is 4.98. The Kier molecular flexibility index (Phi) is 1.55. The van der Waals surface area contributed by atoms with E-state index in [9.17, 15) is 0 Å². The molecule has 1 heterocycles. The van der Waals surface area contributed by atoms with Gasteiger partial charge in [0.1, 0.15) is 6.21 Å². The number of fused-ring (bicyclic) bond motifs is 1. The minimum absolute atomic E-state index is 0.795. The molecule has 0 aromatic heterocycles. The van der Waals surface area contributed by atoms with E-state index in [0.717, 1.165) is 17.0 Å². The fourth-order valence-corrected chi connectivity index (χ4v) is 1.31. The molecule has 0 unspecified atom stereocenters. The number of hydrogen-bond acceptors (Lipinski definition) is 2. The van der Waals surface area contributed by atoms with Crippen LogP contribution in [0.15, 0.2) is 29.3 Å². The van der Waals surface area contributed by atoms with Crippen LogP contribution in [-0.4, -0.2) is 11.1 Å². The lowest BCUT2D eigenvalue weighted by Gasteiger charge is -2.07. The van der Waals surface area contributed by atoms with Crippen molar-refractivity contribution in [1.82, 2.24) is 0 Å². The SMILES string of the molecule is S=C1[C]=Nc2ccccc2C1. The Morgan fingerprint density at radius 2 is 2.18 bits per heavy atom. The van der Waals surface area contributed by atoms with Crippen molar-refractivity contribution in [3.05, 3.63) is 29.8 Å². The highest BCUT2D eigenvalue weighted by Gasteiger charge is 2.07. The summed E-state index contributed by atoms with van der Waals surface area (Å²) in [4.78, 5) is 4.88. The van der Waals surface area contributed by atoms with Gasteiger partial charge in [0.25, 0.3) is 0 Å². The van der Waals surface area contributed by atoms with E-state index in [2.05, 4.69) is 11.2 Å². The standard InChI is InChI=1S/C9H6NS/c11-8-5-7-3-1-2-4-9(7)10-6-8/h1-4H,5H2. The Morgan fingerprint density at radius 3 is 3.09 bits per heavy atom. The molecule has 0 spiro atoms. The third kappa shape index (κ3) is 1.21. The topological polar surface area (TPSA) is 12.4 Å². The normalized spacial score (nSPS) is 14.7. The third-order valence-electron chi connectivity index (χ3n) is 1.64. The number of para-hydroxylation sites is 1. The lowest BCUT2D eigenvalue weighted by molar-refractivity contribution is 1.31. The number of benzene rings is 1. The van der Waals surface area contributed by atoms with Crippen LogP contribution in [0.3, 0.4) is 0 Å². The summed E-state index contributed by atoms with van der Waals surface area (Å²) in [7, 11) is 0. The molecule has 1 aliphatic rings. The highest BCUT2D eigenvalue weighted by atomic mass is 32.1. The maximum absolute atomic E-state index is 4.98. The number of thiocarbonyl (C=S) groups is 1. The highest BCUT2D eigenvalue weighted by Crippen LogP contribution is 2.21. The molecule has 11 heavy (non-hydrogen) atoms. The first-order valence-corrected chi connectivity index (χ1v) is 3.84. The Labute approximate surface area is 70.8 Å². The van der Waals surface area contributed by atoms with Crippen molar-refractivity contribution >= 4 is 29.0 Å². The monoisotopic (exact) mass is 160 g/mol. The van der Waals surface area contributed by atoms with Gasteiger partial charge in [-0.2, -0.15) is 0 Å². The minimum atomic E-state index is 0.795. The van der Waals surface area contributed by atoms with Crippen molar-refractivity contribution in [2.75, 3.05) is 0 Å². The maximum atomic E-state index is 4.98. The van der Waals surface area contributed by atoms with E-state index in [-0.39, 0.29) is 0 Å². The zero-order chi connectivity index (χ0) is 7.68. The summed E-state index contributed by atoms with van der Waals surface area (Å²) in [5.74, 6) is 0. The van der Waals surface area contributed by atoms with Gasteiger partial charge in [0.05, 0.1) is 5.69 Å². The Hall–Kier alpha value is -1.02. The Morgan fingerprint density at radius 1 is 1.36 bits per heavy atom. The molecular weight excluding hydrogens is 154 g/mol. The molecule has 0 N–H and O–H groups in total. The molecule has 1 radical (unpaired) electrons. The smallest absolute Gasteiger partial charge is 0.105 e. The van der Waals surface area contributed by atoms with Gasteiger partial charge in [0.15, 0.2) is 0 Å². The van der Waals surface area contributed by atoms with Crippen molar-refractivity contribution in [2.45, 2.75) is 6.42 Å². The highest BCUT2D eigenvalue weighted by molar-refractivity contribution is 7.81. The molecule has 0 amide bonds. The summed E-state index contributed by atoms with van der Waals surface area (Å²) in [5, 5.41) is 0. The summed E-state index contributed by atoms with van der Waals surface area (Å²) in [6.45, 7) is 0. The van der Waals surface area contributed by atoms with Gasteiger partial charge in [-0.25, -0.2) is 4.99 Å². The molecular formula is C9H6NS. The maximum Gasteiger partial charge on any atom is 0.105 e. The van der Waals surface area contributed by atoms with Gasteiger partial charge in [0, 0.05) is 11.3 Å². The number of aliphatic imine (C=N–C) groups is 1. The fourth-order valence-electron chi connectivity index (χ4n) is 1.10. The molecule has 0 atom stereocenters. The molecule has 0 saturated carbocycles. The second-order valence-electron chi connectivity index (χ2n) is 2.45. The van der Waals surface area contributed by atoms with Crippen molar-refractivity contribution in [2.24, 2.45) is 4.99 Å². The van der Waals surface area contributed by atoms with Gasteiger partial charge in [-0.1, -0.05) is 30.4 Å². The molecule has 0 fully saturated rings. The van der Waals surface area contributed by atoms with E-state index >= 15 is 0 Å². The van der Waals surface area contributed by atoms with Crippen molar-refractivity contribution in [3.8, 4) is 0 Å². The van der Waals surface area contributed by atoms with Gasteiger partial charge >= 0.3 is 0 Å². The van der Waals surface area contributed by atoms with E-state index in [4.69, 9.17) is 12.2 Å². The van der Waals surface area contributed by atoms with Crippen molar-refractivity contribution in [1.29, 1.82) is 0 Å². The van der Waals surface area contributed by atoms with Crippen LogP contribution in [0.4, 0.5) is 5.69 Å². The van der Waals surface area contributed by atoms with Gasteiger partial charge < -0.3 is 0 Å². The first-order valence-electron chi connectivity index (χ1n) is 3.44. The molecule has 1 aromatic rings. The lowest BCUT2D eigenvalue weighted by atomic mass is 10.1. The molecule has 2 rings (SSSR count). The average molecular weight is 160 g/mol. The van der Waals surface area contributed by atoms with Gasteiger partial charge in [-0.05, 0) is 11.6 Å². The van der Waals surface area contributed by atoms with Gasteiger partial charge in [0.2, 0.25) is 0 Å². The number of rotatable bonds is 0. The van der Waals surface area contributed by atoms with Crippen LogP contribution in [0.1, 0.15) is 5.56 Å². The molecule has 0 aliphatic carbocycles. The lowest BCUT2D eigenvalue weighted by Crippen LogP contribution is -2.05. The molecule has 2 heteroatoms. The largest absolute Gasteiger partial charge is 0.245 e. The number of hydrogen-bond donors (Lipinski definition) is 0. The van der Waals surface area contributed by atoms with Crippen LogP contribution in [0.25, 0.3) is 0 Å². The molecule has 1 nitrogen and oxygen atoms in total. The van der Waals surface area contributed by atoms with Gasteiger partial charge in [-0.15, -0.1) is 0 Å². The van der Waals surface area contributed by atoms with E-state index < -0.39 is 0 Å². The fraction of sp³-hybridized carbons (Fsp3) is 0.111. The molecule has 0 saturated heterocycles. The van der Waals surface area contributed by atoms with E-state index in [1.54, 1.807) is 0 Å². The van der Waals surface area contributed by atoms with Crippen LogP contribution in [-0.2, 0) is 6.42 Å². The average Bonchev–Trinajstić information content (AvgIpc) is 2.04. The molecule has 0 bridgehead atoms. The van der Waals surface area contributed by atoms with Crippen molar-refractivity contribution < 1.29 is 0 Å². The molecule has 53 valence electrons. The van der Waals surface area contributed by atoms with Crippen LogP contribution in [0, 0.1) is 0 Å². The van der Waals surface area contributed by atoms with Crippen molar-refractivity contribution in [3.63, 3.8) is 0 Å². The summed E-state index contributed by atoms with van der Waals surface area (Å²) in [6, 6.07) is 8.00. The summed E-state index contributed by atoms with van der Waals surface area (Å²) in [5.41, 5.74) is 2.21.